The van der Waals surface area contributed by atoms with Gasteiger partial charge in [0.2, 0.25) is 0 Å². The summed E-state index contributed by atoms with van der Waals surface area (Å²) in [6.45, 7) is 1.41. The second kappa shape index (κ2) is 5.98. The first-order chi connectivity index (χ1) is 8.31. The molecule has 0 amide bonds. The van der Waals surface area contributed by atoms with Crippen LogP contribution in [0.2, 0.25) is 0 Å². The zero-order chi connectivity index (χ0) is 12.1. The minimum absolute atomic E-state index is 0.0115. The minimum atomic E-state index is -0.289. The highest BCUT2D eigenvalue weighted by Gasteiger charge is 2.24. The highest BCUT2D eigenvalue weighted by Crippen LogP contribution is 2.22. The molecule has 0 saturated carbocycles. The van der Waals surface area contributed by atoms with Crippen molar-refractivity contribution in [3.05, 3.63) is 30.1 Å². The number of para-hydroxylation sites is 1. The Bertz CT molecular complexity index is 353. The Morgan fingerprint density at radius 1 is 1.47 bits per heavy atom. The molecule has 94 valence electrons. The molecule has 1 aliphatic heterocycles. The average Bonchev–Trinajstić information content (AvgIpc) is 2.39. The molecule has 1 fully saturated rings. The van der Waals surface area contributed by atoms with Gasteiger partial charge in [0.25, 0.3) is 0 Å². The van der Waals surface area contributed by atoms with Crippen LogP contribution in [0.3, 0.4) is 0 Å². The van der Waals surface area contributed by atoms with Crippen LogP contribution in [0, 0.1) is 11.7 Å². The highest BCUT2D eigenvalue weighted by atomic mass is 19.1. The molecule has 0 aliphatic carbocycles. The molecular weight excluding hydrogens is 221 g/mol. The Hall–Kier alpha value is -1.13. The Morgan fingerprint density at radius 2 is 2.29 bits per heavy atom. The molecule has 3 nitrogen and oxygen atoms in total. The van der Waals surface area contributed by atoms with Gasteiger partial charge >= 0.3 is 0 Å². The molecule has 0 bridgehead atoms. The molecule has 2 N–H and O–H groups in total. The summed E-state index contributed by atoms with van der Waals surface area (Å²) in [5, 5.41) is 12.5. The van der Waals surface area contributed by atoms with Crippen LogP contribution < -0.4 is 5.32 Å². The maximum Gasteiger partial charge on any atom is 0.146 e. The molecule has 1 heterocycles. The van der Waals surface area contributed by atoms with Gasteiger partial charge in [-0.1, -0.05) is 12.1 Å². The van der Waals surface area contributed by atoms with E-state index < -0.39 is 0 Å². The third-order valence-corrected chi connectivity index (χ3v) is 3.18. The number of rotatable bonds is 4. The first-order valence-electron chi connectivity index (χ1n) is 6.01. The van der Waals surface area contributed by atoms with Crippen molar-refractivity contribution in [1.29, 1.82) is 0 Å². The van der Waals surface area contributed by atoms with Crippen molar-refractivity contribution in [3.8, 4) is 0 Å². The minimum Gasteiger partial charge on any atom is -0.394 e. The third-order valence-electron chi connectivity index (χ3n) is 3.18. The summed E-state index contributed by atoms with van der Waals surface area (Å²) in [4.78, 5) is 0. The van der Waals surface area contributed by atoms with Gasteiger partial charge in [-0.3, -0.25) is 0 Å². The molecule has 1 saturated heterocycles. The molecule has 0 aromatic heterocycles. The van der Waals surface area contributed by atoms with E-state index in [9.17, 15) is 9.50 Å². The Balaban J connectivity index is 2.01. The number of aliphatic hydroxyl groups excluding tert-OH is 1. The van der Waals surface area contributed by atoms with Crippen molar-refractivity contribution in [2.75, 3.05) is 25.1 Å². The number of aliphatic hydroxyl groups is 1. The lowest BCUT2D eigenvalue weighted by atomic mass is 9.94. The van der Waals surface area contributed by atoms with Crippen molar-refractivity contribution < 1.29 is 14.2 Å². The zero-order valence-electron chi connectivity index (χ0n) is 9.73. The molecule has 2 atom stereocenters. The van der Waals surface area contributed by atoms with E-state index in [-0.39, 0.29) is 24.4 Å². The van der Waals surface area contributed by atoms with Gasteiger partial charge in [-0.05, 0) is 25.0 Å². The van der Waals surface area contributed by atoms with E-state index in [0.29, 0.717) is 12.3 Å². The number of hydrogen-bond donors (Lipinski definition) is 2. The summed E-state index contributed by atoms with van der Waals surface area (Å²) < 4.78 is 18.9. The van der Waals surface area contributed by atoms with E-state index in [0.717, 1.165) is 19.4 Å². The highest BCUT2D eigenvalue weighted by molar-refractivity contribution is 5.45. The van der Waals surface area contributed by atoms with Crippen LogP contribution in [0.4, 0.5) is 10.1 Å². The lowest BCUT2D eigenvalue weighted by Crippen LogP contribution is -2.37. The van der Waals surface area contributed by atoms with E-state index in [1.165, 1.54) is 6.07 Å². The van der Waals surface area contributed by atoms with Crippen molar-refractivity contribution in [3.63, 3.8) is 0 Å². The van der Waals surface area contributed by atoms with Gasteiger partial charge in [-0.2, -0.15) is 0 Å². The predicted molar refractivity (Wildman–Crippen MR) is 64.4 cm³/mol. The molecule has 4 heteroatoms. The average molecular weight is 239 g/mol. The SMILES string of the molecule is OCC(Nc1ccccc1F)C1CCCOC1. The molecule has 1 aliphatic rings. The molecule has 17 heavy (non-hydrogen) atoms. The molecule has 2 unspecified atom stereocenters. The van der Waals surface area contributed by atoms with Crippen molar-refractivity contribution in [2.24, 2.45) is 5.92 Å². The van der Waals surface area contributed by atoms with Gasteiger partial charge in [0, 0.05) is 12.5 Å². The quantitative estimate of drug-likeness (QED) is 0.844. The van der Waals surface area contributed by atoms with Gasteiger partial charge in [0.15, 0.2) is 0 Å². The molecule has 1 aromatic rings. The van der Waals surface area contributed by atoms with E-state index in [1.807, 2.05) is 0 Å². The Kier molecular flexibility index (Phi) is 4.34. The Labute approximate surface area is 101 Å². The topological polar surface area (TPSA) is 41.5 Å². The van der Waals surface area contributed by atoms with E-state index >= 15 is 0 Å². The Morgan fingerprint density at radius 3 is 2.94 bits per heavy atom. The number of hydrogen-bond acceptors (Lipinski definition) is 3. The van der Waals surface area contributed by atoms with Gasteiger partial charge in [0.05, 0.1) is 24.9 Å². The fraction of sp³-hybridized carbons (Fsp3) is 0.538. The zero-order valence-corrected chi connectivity index (χ0v) is 9.73. The fourth-order valence-corrected chi connectivity index (χ4v) is 2.17. The summed E-state index contributed by atoms with van der Waals surface area (Å²) in [6.07, 6.45) is 2.01. The van der Waals surface area contributed by atoms with Gasteiger partial charge in [0.1, 0.15) is 5.82 Å². The van der Waals surface area contributed by atoms with Crippen LogP contribution in [0.25, 0.3) is 0 Å². The first kappa shape index (κ1) is 12.3. The lowest BCUT2D eigenvalue weighted by molar-refractivity contribution is 0.0391. The normalized spacial score (nSPS) is 22.1. The maximum atomic E-state index is 13.5. The van der Waals surface area contributed by atoms with Gasteiger partial charge in [-0.15, -0.1) is 0 Å². The van der Waals surface area contributed by atoms with Gasteiger partial charge < -0.3 is 15.2 Å². The summed E-state index contributed by atoms with van der Waals surface area (Å²) in [7, 11) is 0. The maximum absolute atomic E-state index is 13.5. The van der Waals surface area contributed by atoms with E-state index in [4.69, 9.17) is 4.74 Å². The standard InChI is InChI=1S/C13H18FNO2/c14-11-5-1-2-6-12(11)15-13(8-16)10-4-3-7-17-9-10/h1-2,5-6,10,13,15-16H,3-4,7-9H2. The second-order valence-corrected chi connectivity index (χ2v) is 4.39. The van der Waals surface area contributed by atoms with Crippen LogP contribution >= 0.6 is 0 Å². The van der Waals surface area contributed by atoms with E-state index in [1.54, 1.807) is 18.2 Å². The summed E-state index contributed by atoms with van der Waals surface area (Å²) in [6, 6.07) is 6.37. The van der Waals surface area contributed by atoms with Crippen molar-refractivity contribution >= 4 is 5.69 Å². The molecule has 0 radical (unpaired) electrons. The van der Waals surface area contributed by atoms with Crippen LogP contribution in [0.15, 0.2) is 24.3 Å². The summed E-state index contributed by atoms with van der Waals surface area (Å²) >= 11 is 0. The summed E-state index contributed by atoms with van der Waals surface area (Å²) in [5.74, 6) is -0.0453. The van der Waals surface area contributed by atoms with E-state index in [2.05, 4.69) is 5.32 Å². The summed E-state index contributed by atoms with van der Waals surface area (Å²) in [5.41, 5.74) is 0.442. The smallest absolute Gasteiger partial charge is 0.146 e. The molecule has 2 rings (SSSR count). The fourth-order valence-electron chi connectivity index (χ4n) is 2.17. The van der Waals surface area contributed by atoms with Crippen LogP contribution in [0.5, 0.6) is 0 Å². The molecule has 1 aromatic carbocycles. The van der Waals surface area contributed by atoms with Crippen molar-refractivity contribution in [2.45, 2.75) is 18.9 Å². The number of benzene rings is 1. The predicted octanol–water partition coefficient (Wildman–Crippen LogP) is 2.03. The number of anilines is 1. The molecule has 0 spiro atoms. The lowest BCUT2D eigenvalue weighted by Gasteiger charge is -2.30. The second-order valence-electron chi connectivity index (χ2n) is 4.39. The number of nitrogens with one attached hydrogen (secondary N) is 1. The van der Waals surface area contributed by atoms with Crippen LogP contribution in [-0.2, 0) is 4.74 Å². The van der Waals surface area contributed by atoms with Gasteiger partial charge in [-0.25, -0.2) is 4.39 Å². The first-order valence-corrected chi connectivity index (χ1v) is 6.01. The van der Waals surface area contributed by atoms with Crippen LogP contribution in [0.1, 0.15) is 12.8 Å². The number of ether oxygens (including phenoxy) is 1. The monoisotopic (exact) mass is 239 g/mol. The largest absolute Gasteiger partial charge is 0.394 e. The number of halogens is 1. The third kappa shape index (κ3) is 3.17. The van der Waals surface area contributed by atoms with Crippen molar-refractivity contribution in [1.82, 2.24) is 0 Å². The molecular formula is C13H18FNO2. The van der Waals surface area contributed by atoms with Crippen LogP contribution in [-0.4, -0.2) is 31.0 Å².